The Labute approximate surface area is 298 Å². The molecule has 0 saturated carbocycles. The number of nitrogens with one attached hydrogen (secondary N) is 2. The minimum atomic E-state index is -2.24. The van der Waals surface area contributed by atoms with Crippen LogP contribution in [0.3, 0.4) is 0 Å². The van der Waals surface area contributed by atoms with Gasteiger partial charge in [0.15, 0.2) is 11.2 Å². The van der Waals surface area contributed by atoms with Crippen molar-refractivity contribution in [2.45, 2.75) is 7.96 Å². The normalized spacial score (nSPS) is 11.3. The molecule has 0 aliphatic heterocycles. The number of benzene rings is 4. The summed E-state index contributed by atoms with van der Waals surface area (Å²) in [6, 6.07) is 20.6. The highest BCUT2D eigenvalue weighted by molar-refractivity contribution is 6.67. The zero-order valence-electron chi connectivity index (χ0n) is 23.6. The van der Waals surface area contributed by atoms with E-state index in [1.807, 2.05) is 0 Å². The van der Waals surface area contributed by atoms with E-state index >= 15 is 0 Å². The zero-order valence-corrected chi connectivity index (χ0v) is 28.1. The van der Waals surface area contributed by atoms with Gasteiger partial charge in [0.05, 0.1) is 22.4 Å². The number of rotatable bonds is 2. The Bertz CT molecular complexity index is 2050. The number of H-pyrrole nitrogens is 2. The third-order valence-corrected chi connectivity index (χ3v) is 6.47. The van der Waals surface area contributed by atoms with Gasteiger partial charge in [0.2, 0.25) is 0 Å². The monoisotopic (exact) mass is 778 g/mol. The lowest BCUT2D eigenvalue weighted by Crippen LogP contribution is -2.22. The van der Waals surface area contributed by atoms with Gasteiger partial charge in [-0.2, -0.15) is 0 Å². The van der Waals surface area contributed by atoms with Gasteiger partial charge < -0.3 is 40.0 Å². The van der Waals surface area contributed by atoms with Gasteiger partial charge in [-0.05, 0) is 93.9 Å². The van der Waals surface area contributed by atoms with Gasteiger partial charge in [0.1, 0.15) is 11.5 Å². The smallest absolute Gasteiger partial charge is 0.505 e. The third kappa shape index (κ3) is 9.37. The molecule has 252 valence electrons. The van der Waals surface area contributed by atoms with Crippen LogP contribution in [0.4, 0.5) is 16.2 Å². The summed E-state index contributed by atoms with van der Waals surface area (Å²) >= 11 is 30.2. The maximum atomic E-state index is 11.3. The largest absolute Gasteiger partial charge is 0.515 e. The average molecular weight is 781 g/mol. The van der Waals surface area contributed by atoms with Crippen LogP contribution in [0.15, 0.2) is 91.2 Å². The molecule has 13 nitrogen and oxygen atoms in total. The first-order chi connectivity index (χ1) is 22.4. The molecule has 0 spiro atoms. The van der Waals surface area contributed by atoms with Crippen molar-refractivity contribution in [1.29, 1.82) is 0 Å². The third-order valence-electron chi connectivity index (χ3n) is 6.01. The number of phenols is 2. The second-order valence-corrected chi connectivity index (χ2v) is 13.6. The van der Waals surface area contributed by atoms with Gasteiger partial charge in [-0.1, -0.05) is 48.5 Å². The summed E-state index contributed by atoms with van der Waals surface area (Å²) in [4.78, 5) is 38.4. The lowest BCUT2D eigenvalue weighted by molar-refractivity contribution is 0.0508. The van der Waals surface area contributed by atoms with Crippen molar-refractivity contribution in [3.05, 3.63) is 93.9 Å². The van der Waals surface area contributed by atoms with Crippen molar-refractivity contribution in [2.24, 2.45) is 0 Å². The van der Waals surface area contributed by atoms with Crippen LogP contribution >= 0.6 is 69.6 Å². The summed E-state index contributed by atoms with van der Waals surface area (Å²) in [7, 11) is 0. The number of phenolic OH excluding ortho intramolecular Hbond substituents is 2. The molecule has 6 rings (SSSR count). The molecule has 6 aromatic rings. The summed E-state index contributed by atoms with van der Waals surface area (Å²) in [6.45, 7) is 0. The fourth-order valence-electron chi connectivity index (χ4n) is 4.14. The number of ether oxygens (including phenoxy) is 2. The number of alkyl halides is 6. The first-order valence-electron chi connectivity index (χ1n) is 12.9. The van der Waals surface area contributed by atoms with Crippen LogP contribution in [0, 0.1) is 0 Å². The van der Waals surface area contributed by atoms with Gasteiger partial charge in [-0.25, -0.2) is 14.4 Å². The van der Waals surface area contributed by atoms with Crippen molar-refractivity contribution in [3.8, 4) is 33.8 Å². The van der Waals surface area contributed by atoms with Crippen molar-refractivity contribution < 1.29 is 33.3 Å². The van der Waals surface area contributed by atoms with Gasteiger partial charge in [0, 0.05) is 22.3 Å². The summed E-state index contributed by atoms with van der Waals surface area (Å²) in [6.07, 6.45) is -1.41. The molecule has 0 fully saturated rings. The maximum absolute atomic E-state index is 11.3. The number of para-hydroxylation sites is 4. The molecule has 19 heteroatoms. The van der Waals surface area contributed by atoms with E-state index in [9.17, 15) is 24.6 Å². The second kappa shape index (κ2) is 14.8. The quantitative estimate of drug-likeness (QED) is 0.0428. The molecule has 2 aromatic heterocycles. The second-order valence-electron chi connectivity index (χ2n) is 9.23. The van der Waals surface area contributed by atoms with Crippen LogP contribution in [0.2, 0.25) is 0 Å². The predicted octanol–water partition coefficient (Wildman–Crippen LogP) is 7.95. The Balaban J connectivity index is 0.000000169. The number of oxazole rings is 2. The highest BCUT2D eigenvalue weighted by Crippen LogP contribution is 2.40. The molecule has 0 atom stereocenters. The topological polar surface area (TPSA) is 220 Å². The number of nitrogens with two attached hydrogens (primary N) is 2. The van der Waals surface area contributed by atoms with Crippen molar-refractivity contribution in [1.82, 2.24) is 9.97 Å². The molecule has 4 aromatic carbocycles. The fraction of sp³-hybridized carbons (Fsp3) is 0.0690. The van der Waals surface area contributed by atoms with Crippen molar-refractivity contribution >= 4 is 109 Å². The van der Waals surface area contributed by atoms with Crippen LogP contribution < -0.4 is 23.0 Å². The van der Waals surface area contributed by atoms with Gasteiger partial charge in [-0.3, -0.25) is 9.97 Å². The molecule has 0 amide bonds. The predicted molar refractivity (Wildman–Crippen MR) is 185 cm³/mol. The van der Waals surface area contributed by atoms with Crippen LogP contribution in [-0.4, -0.2) is 34.3 Å². The van der Waals surface area contributed by atoms with E-state index < -0.39 is 25.6 Å². The van der Waals surface area contributed by atoms with E-state index in [1.54, 1.807) is 72.8 Å². The van der Waals surface area contributed by atoms with Gasteiger partial charge >= 0.3 is 25.6 Å². The van der Waals surface area contributed by atoms with E-state index in [0.29, 0.717) is 44.5 Å². The van der Waals surface area contributed by atoms with E-state index in [4.69, 9.17) is 89.9 Å². The first kappa shape index (κ1) is 36.5. The molecular formula is C29H20Cl6N4O9. The Morgan fingerprint density at radius 2 is 0.938 bits per heavy atom. The lowest BCUT2D eigenvalue weighted by atomic mass is 10.0. The number of nitrogen functional groups attached to an aromatic ring is 2. The standard InChI is InChI=1S/C14H8N2O4.C12H12N2O2.C3Cl6O3/c17-13-15-9-5-1-3-7(11(9)19-13)8-4-2-6-10-12(8)20-14(18)16-10;13-9-5-1-3-7(11(9)15)8-4-2-6-10(14)12(8)16;4-2(5,6)11-1(10)12-3(7,8)9/h1-6H,(H,15,17)(H,16,18);1-6,15-16H,13-14H2;. The number of hydrogen-bond acceptors (Lipinski definition) is 11. The highest BCUT2D eigenvalue weighted by atomic mass is 35.6. The molecule has 48 heavy (non-hydrogen) atoms. The van der Waals surface area contributed by atoms with Gasteiger partial charge in [0.25, 0.3) is 0 Å². The number of hydrogen-bond donors (Lipinski definition) is 6. The van der Waals surface area contributed by atoms with Gasteiger partial charge in [-0.15, -0.1) is 0 Å². The Hall–Kier alpha value is -4.37. The summed E-state index contributed by atoms with van der Waals surface area (Å²) in [5.41, 5.74) is 16.1. The molecule has 0 radical (unpaired) electrons. The minimum Gasteiger partial charge on any atom is -0.505 e. The maximum Gasteiger partial charge on any atom is 0.515 e. The van der Waals surface area contributed by atoms with Crippen LogP contribution in [0.1, 0.15) is 0 Å². The summed E-state index contributed by atoms with van der Waals surface area (Å²) in [5.74, 6) is -1.14. The molecule has 8 N–H and O–H groups in total. The number of carbonyl (C=O) groups is 1. The fourth-order valence-corrected chi connectivity index (χ4v) is 4.52. The number of aromatic nitrogens is 2. The number of anilines is 2. The zero-order chi connectivity index (χ0) is 35.4. The van der Waals surface area contributed by atoms with Crippen LogP contribution in [0.5, 0.6) is 11.5 Å². The molecular weight excluding hydrogens is 761 g/mol. The number of fused-ring (bicyclic) bond motifs is 2. The molecule has 2 heterocycles. The lowest BCUT2D eigenvalue weighted by Gasteiger charge is -2.15. The highest BCUT2D eigenvalue weighted by Gasteiger charge is 2.32. The number of aromatic hydroxyl groups is 2. The minimum absolute atomic E-state index is 0.0524. The number of halogens is 6. The van der Waals surface area contributed by atoms with E-state index in [0.717, 1.165) is 0 Å². The van der Waals surface area contributed by atoms with Crippen LogP contribution in [0.25, 0.3) is 44.5 Å². The summed E-state index contributed by atoms with van der Waals surface area (Å²) in [5, 5.41) is 19.6. The average Bonchev–Trinajstić information content (AvgIpc) is 3.55. The Morgan fingerprint density at radius 1 is 0.604 bits per heavy atom. The molecule has 0 saturated heterocycles. The number of aromatic amines is 2. The molecule has 0 bridgehead atoms. The van der Waals surface area contributed by atoms with Crippen LogP contribution in [-0.2, 0) is 9.47 Å². The van der Waals surface area contributed by atoms with Crippen molar-refractivity contribution in [2.75, 3.05) is 11.5 Å². The van der Waals surface area contributed by atoms with Crippen molar-refractivity contribution in [3.63, 3.8) is 0 Å². The number of carbonyl (C=O) groups excluding carboxylic acids is 1. The molecule has 0 aliphatic rings. The van der Waals surface area contributed by atoms with E-state index in [1.165, 1.54) is 0 Å². The SMILES string of the molecule is Nc1cccc(-c2cccc(N)c2O)c1O.O=C(OC(Cl)(Cl)Cl)OC(Cl)(Cl)Cl.O=c1[nH]c2cccc(-c3cccc4[nH]c(=O)oc34)c2o1. The first-order valence-corrected chi connectivity index (χ1v) is 15.1. The Kier molecular flexibility index (Phi) is 11.3. The molecule has 0 aliphatic carbocycles. The van der Waals surface area contributed by atoms with E-state index in [-0.39, 0.29) is 22.9 Å². The molecule has 0 unspecified atom stereocenters. The summed E-state index contributed by atoms with van der Waals surface area (Å²) < 4.78 is 13.8. The Morgan fingerprint density at radius 3 is 1.29 bits per heavy atom. The van der Waals surface area contributed by atoms with E-state index in [2.05, 4.69) is 19.4 Å².